The number of pyridine rings is 2. The maximum atomic E-state index is 13.3. The summed E-state index contributed by atoms with van der Waals surface area (Å²) in [6, 6.07) is 3.55. The third kappa shape index (κ3) is 1.76. The van der Waals surface area contributed by atoms with Gasteiger partial charge in [0.25, 0.3) is 0 Å². The minimum Gasteiger partial charge on any atom is -0.506 e. The van der Waals surface area contributed by atoms with Crippen molar-refractivity contribution in [2.75, 3.05) is 0 Å². The van der Waals surface area contributed by atoms with Crippen LogP contribution in [-0.4, -0.2) is 15.1 Å². The smallest absolute Gasteiger partial charge is 0.154 e. The van der Waals surface area contributed by atoms with Gasteiger partial charge in [-0.25, -0.2) is 13.8 Å². The number of aromatic nitrogens is 2. The molecule has 15 heavy (non-hydrogen) atoms. The molecule has 76 valence electrons. The molecule has 0 aromatic carbocycles. The van der Waals surface area contributed by atoms with Crippen LogP contribution < -0.4 is 0 Å². The number of halogens is 2. The molecule has 0 saturated heterocycles. The van der Waals surface area contributed by atoms with E-state index in [1.54, 1.807) is 0 Å². The van der Waals surface area contributed by atoms with E-state index in [4.69, 9.17) is 0 Å². The van der Waals surface area contributed by atoms with Crippen LogP contribution in [-0.2, 0) is 0 Å². The number of hydrogen-bond acceptors (Lipinski definition) is 3. The summed E-state index contributed by atoms with van der Waals surface area (Å²) in [5.41, 5.74) is -0.176. The van der Waals surface area contributed by atoms with Crippen LogP contribution in [0.3, 0.4) is 0 Å². The van der Waals surface area contributed by atoms with E-state index < -0.39 is 11.6 Å². The summed E-state index contributed by atoms with van der Waals surface area (Å²) in [7, 11) is 0. The Morgan fingerprint density at radius 1 is 1.13 bits per heavy atom. The van der Waals surface area contributed by atoms with Crippen molar-refractivity contribution < 1.29 is 13.9 Å². The maximum Gasteiger partial charge on any atom is 0.154 e. The van der Waals surface area contributed by atoms with E-state index in [-0.39, 0.29) is 17.1 Å². The lowest BCUT2D eigenvalue weighted by Crippen LogP contribution is -1.93. The van der Waals surface area contributed by atoms with Gasteiger partial charge in [-0.3, -0.25) is 4.98 Å². The van der Waals surface area contributed by atoms with Gasteiger partial charge in [-0.05, 0) is 12.1 Å². The molecule has 2 rings (SSSR count). The average molecular weight is 208 g/mol. The van der Waals surface area contributed by atoms with Crippen LogP contribution in [0.25, 0.3) is 11.4 Å². The zero-order chi connectivity index (χ0) is 10.8. The normalized spacial score (nSPS) is 10.3. The van der Waals surface area contributed by atoms with Crippen LogP contribution in [0.1, 0.15) is 0 Å². The standard InChI is InChI=1S/C10H6F2N2O/c11-6-4-7(12)9(14-5-6)10-8(15)2-1-3-13-10/h1-5,15H. The molecular weight excluding hydrogens is 202 g/mol. The summed E-state index contributed by atoms with van der Waals surface area (Å²) >= 11 is 0. The maximum absolute atomic E-state index is 13.3. The Labute approximate surface area is 84.1 Å². The Kier molecular flexibility index (Phi) is 2.29. The van der Waals surface area contributed by atoms with Gasteiger partial charge in [0.15, 0.2) is 5.82 Å². The van der Waals surface area contributed by atoms with Crippen molar-refractivity contribution in [3.05, 3.63) is 42.2 Å². The van der Waals surface area contributed by atoms with Crippen molar-refractivity contribution in [2.45, 2.75) is 0 Å². The molecular formula is C10H6F2N2O. The molecule has 2 aromatic rings. The second-order valence-electron chi connectivity index (χ2n) is 2.86. The monoisotopic (exact) mass is 208 g/mol. The fourth-order valence-corrected chi connectivity index (χ4v) is 1.17. The second-order valence-corrected chi connectivity index (χ2v) is 2.86. The van der Waals surface area contributed by atoms with Crippen LogP contribution in [0.5, 0.6) is 5.75 Å². The van der Waals surface area contributed by atoms with E-state index in [0.29, 0.717) is 6.07 Å². The van der Waals surface area contributed by atoms with E-state index in [1.165, 1.54) is 18.3 Å². The predicted octanol–water partition coefficient (Wildman–Crippen LogP) is 2.13. The van der Waals surface area contributed by atoms with E-state index in [2.05, 4.69) is 9.97 Å². The van der Waals surface area contributed by atoms with Crippen LogP contribution in [0, 0.1) is 11.6 Å². The van der Waals surface area contributed by atoms with Crippen molar-refractivity contribution in [3.63, 3.8) is 0 Å². The molecule has 0 bridgehead atoms. The van der Waals surface area contributed by atoms with E-state index in [0.717, 1.165) is 6.20 Å². The first-order valence-electron chi connectivity index (χ1n) is 4.14. The fourth-order valence-electron chi connectivity index (χ4n) is 1.17. The minimum atomic E-state index is -0.857. The summed E-state index contributed by atoms with van der Waals surface area (Å²) in [6.45, 7) is 0. The molecule has 0 radical (unpaired) electrons. The molecule has 0 aliphatic rings. The highest BCUT2D eigenvalue weighted by Crippen LogP contribution is 2.26. The lowest BCUT2D eigenvalue weighted by Gasteiger charge is -2.03. The first-order chi connectivity index (χ1) is 7.18. The summed E-state index contributed by atoms with van der Waals surface area (Å²) < 4.78 is 25.8. The first kappa shape index (κ1) is 9.51. The molecule has 0 fully saturated rings. The topological polar surface area (TPSA) is 46.0 Å². The molecule has 0 aliphatic heterocycles. The summed E-state index contributed by atoms with van der Waals surface area (Å²) in [5.74, 6) is -1.83. The van der Waals surface area contributed by atoms with Crippen LogP contribution in [0.2, 0.25) is 0 Å². The van der Waals surface area contributed by atoms with E-state index in [1.807, 2.05) is 0 Å². The molecule has 3 nitrogen and oxygen atoms in total. The Balaban J connectivity index is 2.60. The Morgan fingerprint density at radius 2 is 1.93 bits per heavy atom. The Hall–Kier alpha value is -2.04. The minimum absolute atomic E-state index is 0.00463. The van der Waals surface area contributed by atoms with E-state index in [9.17, 15) is 13.9 Å². The molecule has 0 amide bonds. The lowest BCUT2D eigenvalue weighted by atomic mass is 10.2. The van der Waals surface area contributed by atoms with Crippen LogP contribution in [0.4, 0.5) is 8.78 Å². The number of nitrogens with zero attached hydrogens (tertiary/aromatic N) is 2. The quantitative estimate of drug-likeness (QED) is 0.780. The molecule has 0 unspecified atom stereocenters. The highest BCUT2D eigenvalue weighted by Gasteiger charge is 2.12. The van der Waals surface area contributed by atoms with Gasteiger partial charge in [-0.1, -0.05) is 0 Å². The van der Waals surface area contributed by atoms with Gasteiger partial charge in [-0.2, -0.15) is 0 Å². The molecule has 2 aromatic heterocycles. The fraction of sp³-hybridized carbons (Fsp3) is 0. The number of rotatable bonds is 1. The third-order valence-electron chi connectivity index (χ3n) is 1.82. The van der Waals surface area contributed by atoms with Crippen molar-refractivity contribution in [2.24, 2.45) is 0 Å². The van der Waals surface area contributed by atoms with Gasteiger partial charge >= 0.3 is 0 Å². The van der Waals surface area contributed by atoms with Gasteiger partial charge in [-0.15, -0.1) is 0 Å². The lowest BCUT2D eigenvalue weighted by molar-refractivity contribution is 0.473. The predicted molar refractivity (Wildman–Crippen MR) is 49.0 cm³/mol. The average Bonchev–Trinajstić information content (AvgIpc) is 2.20. The highest BCUT2D eigenvalue weighted by molar-refractivity contribution is 5.61. The summed E-state index contributed by atoms with van der Waals surface area (Å²) in [6.07, 6.45) is 2.26. The Bertz CT molecular complexity index is 503. The van der Waals surface area contributed by atoms with Gasteiger partial charge in [0.1, 0.15) is 23.0 Å². The first-order valence-corrected chi connectivity index (χ1v) is 4.14. The van der Waals surface area contributed by atoms with Gasteiger partial charge in [0.05, 0.1) is 6.20 Å². The summed E-state index contributed by atoms with van der Waals surface area (Å²) in [4.78, 5) is 7.30. The van der Waals surface area contributed by atoms with Crippen LogP contribution >= 0.6 is 0 Å². The molecule has 1 N–H and O–H groups in total. The van der Waals surface area contributed by atoms with Crippen LogP contribution in [0.15, 0.2) is 30.6 Å². The van der Waals surface area contributed by atoms with Gasteiger partial charge in [0, 0.05) is 12.3 Å². The van der Waals surface area contributed by atoms with Crippen molar-refractivity contribution in [3.8, 4) is 17.1 Å². The molecule has 0 aliphatic carbocycles. The van der Waals surface area contributed by atoms with Gasteiger partial charge < -0.3 is 5.11 Å². The molecule has 0 saturated carbocycles. The third-order valence-corrected chi connectivity index (χ3v) is 1.82. The second kappa shape index (κ2) is 3.61. The highest BCUT2D eigenvalue weighted by atomic mass is 19.1. The molecule has 2 heterocycles. The Morgan fingerprint density at radius 3 is 2.60 bits per heavy atom. The zero-order valence-electron chi connectivity index (χ0n) is 7.48. The number of hydrogen-bond donors (Lipinski definition) is 1. The molecule has 0 atom stereocenters. The SMILES string of the molecule is Oc1cccnc1-c1ncc(F)cc1F. The van der Waals surface area contributed by atoms with Crippen molar-refractivity contribution in [1.82, 2.24) is 9.97 Å². The number of aromatic hydroxyl groups is 1. The summed E-state index contributed by atoms with van der Waals surface area (Å²) in [5, 5.41) is 9.39. The van der Waals surface area contributed by atoms with Crippen molar-refractivity contribution >= 4 is 0 Å². The largest absolute Gasteiger partial charge is 0.506 e. The van der Waals surface area contributed by atoms with Gasteiger partial charge in [0.2, 0.25) is 0 Å². The van der Waals surface area contributed by atoms with E-state index >= 15 is 0 Å². The molecule has 0 spiro atoms. The zero-order valence-corrected chi connectivity index (χ0v) is 7.48. The molecule has 5 heteroatoms. The van der Waals surface area contributed by atoms with Crippen molar-refractivity contribution in [1.29, 1.82) is 0 Å².